The second kappa shape index (κ2) is 10.6. The van der Waals surface area contributed by atoms with Crippen LogP contribution in [0.4, 0.5) is 5.69 Å². The Hall–Kier alpha value is -2.65. The fourth-order valence-electron chi connectivity index (χ4n) is 3.95. The van der Waals surface area contributed by atoms with Crippen LogP contribution in [-0.4, -0.2) is 31.9 Å². The number of nitrogens with zero attached hydrogens (tertiary/aromatic N) is 2. The number of rotatable bonds is 10. The summed E-state index contributed by atoms with van der Waals surface area (Å²) in [5.74, 6) is 0.500. The predicted molar refractivity (Wildman–Crippen MR) is 136 cm³/mol. The third kappa shape index (κ3) is 5.74. The van der Waals surface area contributed by atoms with E-state index in [0.717, 1.165) is 38.4 Å². The Morgan fingerprint density at radius 2 is 1.77 bits per heavy atom. The number of aliphatic imine (C=N–C) groups is 1. The van der Waals surface area contributed by atoms with Crippen molar-refractivity contribution in [1.29, 1.82) is 0 Å². The maximum atomic E-state index is 4.81. The lowest BCUT2D eigenvalue weighted by molar-refractivity contribution is 0.573. The topological polar surface area (TPSA) is 27.6 Å². The van der Waals surface area contributed by atoms with Crippen LogP contribution in [-0.2, 0) is 6.54 Å². The van der Waals surface area contributed by atoms with Crippen LogP contribution in [0.2, 0.25) is 0 Å². The second-order valence-corrected chi connectivity index (χ2v) is 8.62. The average molecular weight is 416 g/mol. The van der Waals surface area contributed by atoms with Gasteiger partial charge in [0, 0.05) is 31.9 Å². The monoisotopic (exact) mass is 415 g/mol. The number of hydrogen-bond donors (Lipinski definition) is 1. The Bertz CT molecular complexity index is 962. The van der Waals surface area contributed by atoms with Crippen molar-refractivity contribution in [3.8, 4) is 0 Å². The van der Waals surface area contributed by atoms with E-state index < -0.39 is 0 Å². The summed E-state index contributed by atoms with van der Waals surface area (Å²) < 4.78 is 0. The molecule has 3 heteroatoms. The number of nitrogens with one attached hydrogen (secondary N) is 1. The van der Waals surface area contributed by atoms with Crippen LogP contribution < -0.4 is 10.2 Å². The quantitative estimate of drug-likeness (QED) is 0.480. The van der Waals surface area contributed by atoms with E-state index >= 15 is 0 Å². The first-order valence-corrected chi connectivity index (χ1v) is 11.5. The SMILES string of the molecule is C=C(C)C(C)CNCc1ccc(C2=NCC(c3ccc(N(CC)CC)c(C)c3)=C2)cc1. The molecule has 0 aliphatic carbocycles. The third-order valence-corrected chi connectivity index (χ3v) is 6.27. The molecule has 1 heterocycles. The molecule has 0 spiro atoms. The van der Waals surface area contributed by atoms with E-state index in [-0.39, 0.29) is 0 Å². The van der Waals surface area contributed by atoms with Crippen molar-refractivity contribution in [2.45, 2.75) is 41.2 Å². The molecule has 1 aliphatic heterocycles. The van der Waals surface area contributed by atoms with Gasteiger partial charge in [-0.25, -0.2) is 0 Å². The standard InChI is InChI=1S/C28H37N3/c1-7-31(8-2)28-14-13-25(15-21(28)5)26-16-27(30-19-26)24-11-9-23(10-12-24)18-29-17-22(6)20(3)4/h9-16,22,29H,3,7-8,17-19H2,1-2,4-6H3. The molecular weight excluding hydrogens is 378 g/mol. The molecule has 164 valence electrons. The highest BCUT2D eigenvalue weighted by atomic mass is 15.1. The lowest BCUT2D eigenvalue weighted by atomic mass is 10.0. The van der Waals surface area contributed by atoms with Crippen molar-refractivity contribution >= 4 is 17.0 Å². The Labute approximate surface area is 188 Å². The molecule has 1 N–H and O–H groups in total. The van der Waals surface area contributed by atoms with Crippen LogP contribution in [0.3, 0.4) is 0 Å². The molecule has 0 amide bonds. The van der Waals surface area contributed by atoms with Crippen molar-refractivity contribution in [2.24, 2.45) is 10.9 Å². The molecule has 1 atom stereocenters. The molecule has 0 saturated heterocycles. The normalized spacial score (nSPS) is 14.2. The fourth-order valence-corrected chi connectivity index (χ4v) is 3.95. The molecule has 2 aromatic carbocycles. The van der Waals surface area contributed by atoms with E-state index in [4.69, 9.17) is 4.99 Å². The van der Waals surface area contributed by atoms with E-state index in [1.807, 2.05) is 0 Å². The van der Waals surface area contributed by atoms with Gasteiger partial charge in [0.25, 0.3) is 0 Å². The molecule has 0 radical (unpaired) electrons. The van der Waals surface area contributed by atoms with Crippen molar-refractivity contribution < 1.29 is 0 Å². The number of aryl methyl sites for hydroxylation is 1. The molecule has 3 rings (SSSR count). The molecule has 0 fully saturated rings. The van der Waals surface area contributed by atoms with Gasteiger partial charge in [-0.05, 0) is 79.6 Å². The van der Waals surface area contributed by atoms with Gasteiger partial charge in [0.05, 0.1) is 12.3 Å². The first-order chi connectivity index (χ1) is 14.9. The molecule has 1 unspecified atom stereocenters. The molecule has 3 nitrogen and oxygen atoms in total. The summed E-state index contributed by atoms with van der Waals surface area (Å²) in [5, 5.41) is 3.52. The van der Waals surface area contributed by atoms with Crippen LogP contribution in [0.1, 0.15) is 49.9 Å². The highest BCUT2D eigenvalue weighted by molar-refractivity contribution is 6.15. The van der Waals surface area contributed by atoms with Crippen molar-refractivity contribution in [2.75, 3.05) is 31.1 Å². The van der Waals surface area contributed by atoms with E-state index in [1.165, 1.54) is 39.1 Å². The van der Waals surface area contributed by atoms with Crippen LogP contribution in [0.25, 0.3) is 5.57 Å². The molecule has 1 aliphatic rings. The van der Waals surface area contributed by atoms with Gasteiger partial charge in [-0.15, -0.1) is 0 Å². The number of hydrogen-bond acceptors (Lipinski definition) is 3. The zero-order chi connectivity index (χ0) is 22.4. The zero-order valence-corrected chi connectivity index (χ0v) is 19.8. The van der Waals surface area contributed by atoms with Gasteiger partial charge in [-0.1, -0.05) is 49.4 Å². The van der Waals surface area contributed by atoms with Crippen LogP contribution in [0, 0.1) is 12.8 Å². The predicted octanol–water partition coefficient (Wildman–Crippen LogP) is 6.03. The third-order valence-electron chi connectivity index (χ3n) is 6.27. The molecule has 0 aromatic heterocycles. The largest absolute Gasteiger partial charge is 0.372 e. The van der Waals surface area contributed by atoms with Crippen molar-refractivity contribution in [3.63, 3.8) is 0 Å². The maximum absolute atomic E-state index is 4.81. The minimum absolute atomic E-state index is 0.500. The van der Waals surface area contributed by atoms with E-state index in [9.17, 15) is 0 Å². The summed E-state index contributed by atoms with van der Waals surface area (Å²) in [6.45, 7) is 19.6. The molecule has 31 heavy (non-hydrogen) atoms. The Morgan fingerprint density at radius 1 is 1.10 bits per heavy atom. The van der Waals surface area contributed by atoms with Gasteiger partial charge >= 0.3 is 0 Å². The van der Waals surface area contributed by atoms with Gasteiger partial charge < -0.3 is 10.2 Å². The van der Waals surface area contributed by atoms with Crippen molar-refractivity contribution in [1.82, 2.24) is 5.32 Å². The van der Waals surface area contributed by atoms with E-state index in [2.05, 4.69) is 100.0 Å². The zero-order valence-electron chi connectivity index (χ0n) is 19.8. The van der Waals surface area contributed by atoms with E-state index in [1.54, 1.807) is 0 Å². The highest BCUT2D eigenvalue weighted by Crippen LogP contribution is 2.27. The summed E-state index contributed by atoms with van der Waals surface area (Å²) in [4.78, 5) is 7.21. The van der Waals surface area contributed by atoms with E-state index in [0.29, 0.717) is 5.92 Å². The second-order valence-electron chi connectivity index (χ2n) is 8.62. The smallest absolute Gasteiger partial charge is 0.0654 e. The molecular formula is C28H37N3. The van der Waals surface area contributed by atoms with Crippen LogP contribution in [0.15, 0.2) is 65.7 Å². The Kier molecular flexibility index (Phi) is 7.86. The lowest BCUT2D eigenvalue weighted by Crippen LogP contribution is -2.22. The van der Waals surface area contributed by atoms with Gasteiger partial charge in [0.1, 0.15) is 0 Å². The summed E-state index contributed by atoms with van der Waals surface area (Å²) in [6, 6.07) is 15.6. The first-order valence-electron chi connectivity index (χ1n) is 11.5. The summed E-state index contributed by atoms with van der Waals surface area (Å²) in [7, 11) is 0. The summed E-state index contributed by atoms with van der Waals surface area (Å²) in [6.07, 6.45) is 2.24. The average Bonchev–Trinajstić information content (AvgIpc) is 3.26. The number of benzene rings is 2. The number of anilines is 1. The molecule has 0 bridgehead atoms. The first kappa shape index (κ1) is 23.0. The lowest BCUT2D eigenvalue weighted by Gasteiger charge is -2.23. The van der Waals surface area contributed by atoms with Gasteiger partial charge in [0.15, 0.2) is 0 Å². The minimum Gasteiger partial charge on any atom is -0.372 e. The maximum Gasteiger partial charge on any atom is 0.0654 e. The molecule has 2 aromatic rings. The summed E-state index contributed by atoms with van der Waals surface area (Å²) in [5.41, 5.74) is 10.0. The highest BCUT2D eigenvalue weighted by Gasteiger charge is 2.14. The molecule has 0 saturated carbocycles. The van der Waals surface area contributed by atoms with Gasteiger partial charge in [-0.3, -0.25) is 4.99 Å². The Morgan fingerprint density at radius 3 is 2.39 bits per heavy atom. The van der Waals surface area contributed by atoms with Gasteiger partial charge in [-0.2, -0.15) is 0 Å². The van der Waals surface area contributed by atoms with Crippen molar-refractivity contribution in [3.05, 3.63) is 82.9 Å². The van der Waals surface area contributed by atoms with Crippen LogP contribution >= 0.6 is 0 Å². The minimum atomic E-state index is 0.500. The summed E-state index contributed by atoms with van der Waals surface area (Å²) >= 11 is 0. The fraction of sp³-hybridized carbons (Fsp3) is 0.393. The van der Waals surface area contributed by atoms with Crippen LogP contribution in [0.5, 0.6) is 0 Å². The number of allylic oxidation sites excluding steroid dienone is 1. The van der Waals surface area contributed by atoms with Gasteiger partial charge in [0.2, 0.25) is 0 Å². The Balaban J connectivity index is 1.64.